The van der Waals surface area contributed by atoms with Crippen molar-refractivity contribution in [3.63, 3.8) is 0 Å². The van der Waals surface area contributed by atoms with Crippen molar-refractivity contribution in [1.82, 2.24) is 40.0 Å². The molecule has 0 amide bonds. The van der Waals surface area contributed by atoms with Crippen LogP contribution in [0.25, 0.3) is 54.1 Å². The summed E-state index contributed by atoms with van der Waals surface area (Å²) in [6, 6.07) is 26.5. The summed E-state index contributed by atoms with van der Waals surface area (Å²) in [6.45, 7) is 0. The molecule has 0 aliphatic heterocycles. The molecular formula is C26H14Cl2N8S. The van der Waals surface area contributed by atoms with E-state index in [1.54, 1.807) is 21.5 Å². The van der Waals surface area contributed by atoms with Crippen LogP contribution < -0.4 is 0 Å². The van der Waals surface area contributed by atoms with Crippen molar-refractivity contribution in [3.8, 4) is 11.6 Å². The van der Waals surface area contributed by atoms with Crippen LogP contribution in [0.3, 0.4) is 0 Å². The first-order chi connectivity index (χ1) is 18.1. The van der Waals surface area contributed by atoms with E-state index in [1.807, 2.05) is 72.8 Å². The van der Waals surface area contributed by atoms with Gasteiger partial charge in [-0.2, -0.15) is 9.36 Å². The molecule has 0 saturated heterocycles. The molecule has 178 valence electrons. The molecule has 3 aromatic heterocycles. The third-order valence-electron chi connectivity index (χ3n) is 5.82. The fraction of sp³-hybridized carbons (Fsp3) is 0. The van der Waals surface area contributed by atoms with E-state index < -0.39 is 0 Å². The summed E-state index contributed by atoms with van der Waals surface area (Å²) in [6.07, 6.45) is 0. The van der Waals surface area contributed by atoms with Gasteiger partial charge >= 0.3 is 0 Å². The van der Waals surface area contributed by atoms with Crippen molar-refractivity contribution in [1.29, 1.82) is 0 Å². The molecule has 0 radical (unpaired) electrons. The third kappa shape index (κ3) is 3.84. The largest absolute Gasteiger partial charge is 0.224 e. The highest BCUT2D eigenvalue weighted by atomic mass is 35.5. The lowest BCUT2D eigenvalue weighted by atomic mass is 10.3. The van der Waals surface area contributed by atoms with Crippen LogP contribution in [-0.4, -0.2) is 40.0 Å². The lowest BCUT2D eigenvalue weighted by molar-refractivity contribution is 0.755. The Balaban J connectivity index is 1.74. The summed E-state index contributed by atoms with van der Waals surface area (Å²) in [7, 11) is 0. The quantitative estimate of drug-likeness (QED) is 0.241. The summed E-state index contributed by atoms with van der Waals surface area (Å²) in [5, 5.41) is 18.8. The molecule has 3 heterocycles. The first-order valence-corrected chi connectivity index (χ1v) is 12.8. The van der Waals surface area contributed by atoms with Crippen molar-refractivity contribution >= 4 is 77.0 Å². The maximum atomic E-state index is 6.39. The fourth-order valence-corrected chi connectivity index (χ4v) is 5.62. The lowest BCUT2D eigenvalue weighted by Crippen LogP contribution is -2.09. The van der Waals surface area contributed by atoms with Gasteiger partial charge < -0.3 is 0 Å². The predicted molar refractivity (Wildman–Crippen MR) is 147 cm³/mol. The number of para-hydroxylation sites is 2. The van der Waals surface area contributed by atoms with Gasteiger partial charge in [0.05, 0.1) is 31.5 Å². The molecule has 0 fully saturated rings. The molecule has 11 heteroatoms. The van der Waals surface area contributed by atoms with Gasteiger partial charge in [0.1, 0.15) is 11.0 Å². The Morgan fingerprint density at radius 2 is 1.00 bits per heavy atom. The maximum Gasteiger partial charge on any atom is 0.201 e. The number of nitrogens with zero attached hydrogens (tertiary/aromatic N) is 8. The van der Waals surface area contributed by atoms with Crippen LogP contribution in [-0.2, 0) is 0 Å². The first kappa shape index (κ1) is 22.1. The van der Waals surface area contributed by atoms with E-state index in [9.17, 15) is 0 Å². The zero-order valence-corrected chi connectivity index (χ0v) is 21.2. The summed E-state index contributed by atoms with van der Waals surface area (Å²) in [4.78, 5) is 10.2. The number of rotatable bonds is 2. The Bertz CT molecular complexity index is 1900. The topological polar surface area (TPSA) is 87.2 Å². The molecule has 37 heavy (non-hydrogen) atoms. The smallest absolute Gasteiger partial charge is 0.201 e. The monoisotopic (exact) mass is 540 g/mol. The van der Waals surface area contributed by atoms with Crippen LogP contribution in [0.4, 0.5) is 0 Å². The molecule has 0 N–H and O–H groups in total. The predicted octanol–water partition coefficient (Wildman–Crippen LogP) is 6.74. The number of hydrogen-bond donors (Lipinski definition) is 0. The maximum absolute atomic E-state index is 6.39. The number of halogens is 2. The minimum Gasteiger partial charge on any atom is -0.224 e. The molecule has 0 unspecified atom stereocenters. The van der Waals surface area contributed by atoms with Crippen LogP contribution >= 0.6 is 34.5 Å². The second kappa shape index (κ2) is 8.74. The van der Waals surface area contributed by atoms with E-state index in [2.05, 4.69) is 20.6 Å². The second-order valence-corrected chi connectivity index (χ2v) is 10.1. The van der Waals surface area contributed by atoms with Crippen molar-refractivity contribution in [2.45, 2.75) is 0 Å². The first-order valence-electron chi connectivity index (χ1n) is 11.2. The van der Waals surface area contributed by atoms with Crippen LogP contribution in [0.5, 0.6) is 0 Å². The molecule has 7 aromatic rings. The van der Waals surface area contributed by atoms with Gasteiger partial charge in [-0.05, 0) is 60.7 Å². The van der Waals surface area contributed by atoms with Gasteiger partial charge in [0.2, 0.25) is 11.6 Å². The van der Waals surface area contributed by atoms with E-state index >= 15 is 0 Å². The Hall–Kier alpha value is -4.18. The average molecular weight is 541 g/mol. The van der Waals surface area contributed by atoms with E-state index in [0.29, 0.717) is 32.7 Å². The second-order valence-electron chi connectivity index (χ2n) is 8.18. The average Bonchev–Trinajstić information content (AvgIpc) is 3.53. The molecule has 0 saturated carbocycles. The molecule has 0 aliphatic carbocycles. The van der Waals surface area contributed by atoms with E-state index in [1.165, 1.54) is 11.3 Å². The van der Waals surface area contributed by atoms with Gasteiger partial charge in [-0.15, -0.1) is 21.5 Å². The van der Waals surface area contributed by atoms with E-state index in [0.717, 1.165) is 31.5 Å². The molecular weight excluding hydrogens is 527 g/mol. The number of fused-ring (bicyclic) bond motifs is 4. The standard InChI is InChI=1S/C26H14Cl2N8S/c27-15-9-11-19-23(13-15)37-24-14-16(28)10-12-20(24)30-26(36-22-8-4-2-6-18(22)32-34-36)25(29-19)35-21-7-3-1-5-17(21)31-33-35/h1-14H. The minimum atomic E-state index is 0.427. The molecule has 4 aromatic carbocycles. The molecule has 0 bridgehead atoms. The van der Waals surface area contributed by atoms with E-state index in [4.69, 9.17) is 33.2 Å². The summed E-state index contributed by atoms with van der Waals surface area (Å²) in [5.41, 5.74) is 4.38. The van der Waals surface area contributed by atoms with Crippen molar-refractivity contribution in [2.24, 2.45) is 0 Å². The zero-order valence-electron chi connectivity index (χ0n) is 18.8. The summed E-state index contributed by atoms with van der Waals surface area (Å²) >= 11 is 14.3. The number of hydrogen-bond acceptors (Lipinski definition) is 7. The Labute approximate surface area is 223 Å². The molecule has 0 atom stereocenters. The highest BCUT2D eigenvalue weighted by Gasteiger charge is 2.18. The van der Waals surface area contributed by atoms with Gasteiger partial charge in [0, 0.05) is 10.0 Å². The Morgan fingerprint density at radius 3 is 1.49 bits per heavy atom. The van der Waals surface area contributed by atoms with Crippen molar-refractivity contribution in [2.75, 3.05) is 0 Å². The van der Waals surface area contributed by atoms with Gasteiger partial charge in [-0.25, -0.2) is 9.97 Å². The third-order valence-corrected chi connectivity index (χ3v) is 7.39. The molecule has 0 spiro atoms. The lowest BCUT2D eigenvalue weighted by Gasteiger charge is -2.07. The normalized spacial score (nSPS) is 11.5. The van der Waals surface area contributed by atoms with Gasteiger partial charge in [-0.1, -0.05) is 57.9 Å². The highest BCUT2D eigenvalue weighted by Crippen LogP contribution is 2.30. The zero-order chi connectivity index (χ0) is 24.9. The highest BCUT2D eigenvalue weighted by molar-refractivity contribution is 7.24. The molecule has 0 aliphatic rings. The molecule has 8 nitrogen and oxygen atoms in total. The van der Waals surface area contributed by atoms with Gasteiger partial charge in [0.15, 0.2) is 0 Å². The van der Waals surface area contributed by atoms with E-state index in [-0.39, 0.29) is 0 Å². The SMILES string of the molecule is Clc1ccc2nc(-n3nnc4ccccc43)c(-n3nnc4ccccc43)nc3ccc(Cl)cc3sc2c1. The van der Waals surface area contributed by atoms with Gasteiger partial charge in [-0.3, -0.25) is 0 Å². The van der Waals surface area contributed by atoms with Crippen LogP contribution in [0.2, 0.25) is 10.0 Å². The van der Waals surface area contributed by atoms with Crippen molar-refractivity contribution in [3.05, 3.63) is 95.0 Å². The molecule has 7 rings (SSSR count). The fourth-order valence-electron chi connectivity index (χ4n) is 4.11. The summed E-state index contributed by atoms with van der Waals surface area (Å²) < 4.78 is 5.04. The number of aromatic nitrogens is 8. The van der Waals surface area contributed by atoms with Crippen LogP contribution in [0, 0.1) is 0 Å². The Morgan fingerprint density at radius 1 is 0.541 bits per heavy atom. The van der Waals surface area contributed by atoms with Crippen molar-refractivity contribution < 1.29 is 0 Å². The Kier molecular flexibility index (Phi) is 5.21. The van der Waals surface area contributed by atoms with Gasteiger partial charge in [0.25, 0.3) is 0 Å². The van der Waals surface area contributed by atoms with Crippen LogP contribution in [0.15, 0.2) is 84.9 Å². The van der Waals surface area contributed by atoms with Crippen LogP contribution in [0.1, 0.15) is 0 Å². The minimum absolute atomic E-state index is 0.427. The number of benzene rings is 4. The summed E-state index contributed by atoms with van der Waals surface area (Å²) in [5.74, 6) is 0.854.